The van der Waals surface area contributed by atoms with Crippen LogP contribution in [0, 0.1) is 0 Å². The Kier molecular flexibility index (Phi) is 2.75. The summed E-state index contributed by atoms with van der Waals surface area (Å²) in [5, 5.41) is 2.53. The molecule has 0 spiro atoms. The highest BCUT2D eigenvalue weighted by Crippen LogP contribution is 2.39. The van der Waals surface area contributed by atoms with Gasteiger partial charge in [-0.05, 0) is 17.7 Å². The molecule has 0 saturated heterocycles. The summed E-state index contributed by atoms with van der Waals surface area (Å²) < 4.78 is 12.1. The minimum Gasteiger partial charge on any atom is -0.486 e. The molecule has 0 N–H and O–H groups in total. The fraction of sp³-hybridized carbons (Fsp3) is 0.143. The van der Waals surface area contributed by atoms with Crippen LogP contribution in [0.1, 0.15) is 0 Å². The molecule has 0 atom stereocenters. The van der Waals surface area contributed by atoms with E-state index in [4.69, 9.17) is 21.1 Å². The van der Waals surface area contributed by atoms with Crippen molar-refractivity contribution in [1.82, 2.24) is 9.97 Å². The summed E-state index contributed by atoms with van der Waals surface area (Å²) in [6.45, 7) is 1.17. The highest BCUT2D eigenvalue weighted by atomic mass is 35.5. The van der Waals surface area contributed by atoms with E-state index in [1.807, 2.05) is 23.6 Å². The van der Waals surface area contributed by atoms with E-state index in [9.17, 15) is 0 Å². The van der Waals surface area contributed by atoms with E-state index in [-0.39, 0.29) is 0 Å². The molecule has 0 amide bonds. The number of hydrogen-bond donors (Lipinski definition) is 0. The normalized spacial score (nSPS) is 13.7. The molecule has 0 bridgehead atoms. The van der Waals surface area contributed by atoms with Crippen LogP contribution in [-0.4, -0.2) is 23.2 Å². The molecule has 1 aromatic carbocycles. The van der Waals surface area contributed by atoms with E-state index in [1.165, 1.54) is 6.33 Å². The number of benzene rings is 1. The topological polar surface area (TPSA) is 44.2 Å². The van der Waals surface area contributed by atoms with Gasteiger partial charge >= 0.3 is 0 Å². The Hall–Kier alpha value is -1.85. The summed E-state index contributed by atoms with van der Waals surface area (Å²) in [7, 11) is 0. The van der Waals surface area contributed by atoms with Gasteiger partial charge in [-0.1, -0.05) is 17.7 Å². The van der Waals surface area contributed by atoms with E-state index >= 15 is 0 Å². The maximum atomic E-state index is 6.09. The van der Waals surface area contributed by atoms with Crippen molar-refractivity contribution in [3.8, 4) is 22.6 Å². The quantitative estimate of drug-likeness (QED) is 0.642. The van der Waals surface area contributed by atoms with Gasteiger partial charge in [-0.15, -0.1) is 11.3 Å². The summed E-state index contributed by atoms with van der Waals surface area (Å²) >= 11 is 7.63. The largest absolute Gasteiger partial charge is 0.486 e. The van der Waals surface area contributed by atoms with Gasteiger partial charge in [0.05, 0.1) is 10.2 Å². The van der Waals surface area contributed by atoms with Gasteiger partial charge in [0, 0.05) is 10.9 Å². The van der Waals surface area contributed by atoms with Crippen LogP contribution in [0.25, 0.3) is 21.3 Å². The van der Waals surface area contributed by atoms with Crippen LogP contribution in [-0.2, 0) is 0 Å². The first-order valence-electron chi connectivity index (χ1n) is 6.10. The highest BCUT2D eigenvalue weighted by Gasteiger charge is 2.15. The molecule has 0 unspecified atom stereocenters. The molecule has 0 radical (unpaired) electrons. The second kappa shape index (κ2) is 4.61. The van der Waals surface area contributed by atoms with Crippen LogP contribution in [0.2, 0.25) is 5.15 Å². The lowest BCUT2D eigenvalue weighted by atomic mass is 10.1. The molecule has 3 heterocycles. The van der Waals surface area contributed by atoms with Gasteiger partial charge in [-0.25, -0.2) is 9.97 Å². The van der Waals surface area contributed by atoms with Crippen LogP contribution in [0.3, 0.4) is 0 Å². The third-order valence-corrected chi connectivity index (χ3v) is 4.54. The predicted octanol–water partition coefficient (Wildman–Crippen LogP) is 3.78. The molecule has 0 fully saturated rings. The number of nitrogens with zero attached hydrogens (tertiary/aromatic N) is 2. The summed E-state index contributed by atoms with van der Waals surface area (Å²) in [6, 6.07) is 5.91. The van der Waals surface area contributed by atoms with E-state index in [1.54, 1.807) is 11.3 Å². The van der Waals surface area contributed by atoms with Crippen molar-refractivity contribution >= 4 is 33.2 Å². The molecule has 20 heavy (non-hydrogen) atoms. The van der Waals surface area contributed by atoms with Crippen molar-refractivity contribution < 1.29 is 9.47 Å². The number of halogens is 1. The molecule has 6 heteroatoms. The Balaban J connectivity index is 1.89. The second-order valence-corrected chi connectivity index (χ2v) is 5.59. The summed E-state index contributed by atoms with van der Waals surface area (Å²) in [6.07, 6.45) is 1.49. The van der Waals surface area contributed by atoms with E-state index < -0.39 is 0 Å². The van der Waals surface area contributed by atoms with Gasteiger partial charge in [0.25, 0.3) is 0 Å². The minimum absolute atomic E-state index is 0.490. The molecular weight excluding hydrogens is 296 g/mol. The van der Waals surface area contributed by atoms with Crippen molar-refractivity contribution in [2.75, 3.05) is 13.2 Å². The predicted molar refractivity (Wildman–Crippen MR) is 78.9 cm³/mol. The fourth-order valence-electron chi connectivity index (χ4n) is 2.24. The van der Waals surface area contributed by atoms with Crippen molar-refractivity contribution in [2.45, 2.75) is 0 Å². The van der Waals surface area contributed by atoms with Crippen LogP contribution in [0.4, 0.5) is 0 Å². The first-order valence-corrected chi connectivity index (χ1v) is 7.36. The summed E-state index contributed by atoms with van der Waals surface area (Å²) in [5.74, 6) is 1.56. The number of ether oxygens (including phenoxy) is 2. The summed E-state index contributed by atoms with van der Waals surface area (Å²) in [5.41, 5.74) is 2.94. The lowest BCUT2D eigenvalue weighted by Crippen LogP contribution is -2.15. The van der Waals surface area contributed by atoms with Gasteiger partial charge < -0.3 is 9.47 Å². The van der Waals surface area contributed by atoms with Gasteiger partial charge in [-0.3, -0.25) is 0 Å². The maximum Gasteiger partial charge on any atom is 0.161 e. The van der Waals surface area contributed by atoms with Crippen molar-refractivity contribution in [1.29, 1.82) is 0 Å². The fourth-order valence-corrected chi connectivity index (χ4v) is 3.41. The van der Waals surface area contributed by atoms with Crippen molar-refractivity contribution in [2.24, 2.45) is 0 Å². The zero-order valence-corrected chi connectivity index (χ0v) is 11.9. The lowest BCUT2D eigenvalue weighted by Gasteiger charge is -2.18. The zero-order valence-electron chi connectivity index (χ0n) is 10.3. The average molecular weight is 305 g/mol. The van der Waals surface area contributed by atoms with Gasteiger partial charge in [-0.2, -0.15) is 0 Å². The van der Waals surface area contributed by atoms with Crippen LogP contribution < -0.4 is 9.47 Å². The molecule has 4 rings (SSSR count). The van der Waals surface area contributed by atoms with Crippen LogP contribution >= 0.6 is 22.9 Å². The lowest BCUT2D eigenvalue weighted by molar-refractivity contribution is 0.171. The Labute approximate surface area is 124 Å². The van der Waals surface area contributed by atoms with E-state index in [0.29, 0.717) is 18.4 Å². The Morgan fingerprint density at radius 3 is 2.85 bits per heavy atom. The zero-order chi connectivity index (χ0) is 13.5. The monoisotopic (exact) mass is 304 g/mol. The molecular formula is C14H9ClN2O2S. The van der Waals surface area contributed by atoms with Crippen LogP contribution in [0.15, 0.2) is 29.9 Å². The third kappa shape index (κ3) is 1.82. The van der Waals surface area contributed by atoms with Gasteiger partial charge in [0.15, 0.2) is 11.5 Å². The molecule has 3 aromatic rings. The number of thiophene rings is 1. The average Bonchev–Trinajstić information content (AvgIpc) is 2.92. The van der Waals surface area contributed by atoms with Crippen molar-refractivity contribution in [3.63, 3.8) is 0 Å². The molecule has 1 aliphatic heterocycles. The number of hydrogen-bond acceptors (Lipinski definition) is 5. The smallest absolute Gasteiger partial charge is 0.161 e. The minimum atomic E-state index is 0.490. The van der Waals surface area contributed by atoms with Gasteiger partial charge in [0.2, 0.25) is 0 Å². The number of rotatable bonds is 1. The number of fused-ring (bicyclic) bond motifs is 2. The first-order chi connectivity index (χ1) is 9.83. The SMILES string of the molecule is Clc1ncnc2c(-c3ccc4c(c3)OCCO4)csc12. The number of aromatic nitrogens is 2. The van der Waals surface area contributed by atoms with E-state index in [2.05, 4.69) is 9.97 Å². The molecule has 1 aliphatic rings. The third-order valence-electron chi connectivity index (χ3n) is 3.16. The van der Waals surface area contributed by atoms with Gasteiger partial charge in [0.1, 0.15) is 24.7 Å². The molecule has 4 nitrogen and oxygen atoms in total. The highest BCUT2D eigenvalue weighted by molar-refractivity contribution is 7.18. The Morgan fingerprint density at radius 1 is 1.10 bits per heavy atom. The Morgan fingerprint density at radius 2 is 1.95 bits per heavy atom. The second-order valence-electron chi connectivity index (χ2n) is 4.35. The van der Waals surface area contributed by atoms with E-state index in [0.717, 1.165) is 32.8 Å². The maximum absolute atomic E-state index is 6.09. The molecule has 0 aliphatic carbocycles. The standard InChI is InChI=1S/C14H9ClN2O2S/c15-14-13-12(16-7-17-14)9(6-20-13)8-1-2-10-11(5-8)19-4-3-18-10/h1-2,5-7H,3-4H2. The molecule has 2 aromatic heterocycles. The summed E-state index contributed by atoms with van der Waals surface area (Å²) in [4.78, 5) is 8.34. The van der Waals surface area contributed by atoms with Crippen molar-refractivity contribution in [3.05, 3.63) is 35.1 Å². The molecule has 100 valence electrons. The van der Waals surface area contributed by atoms with Crippen LogP contribution in [0.5, 0.6) is 11.5 Å². The molecule has 0 saturated carbocycles. The first kappa shape index (κ1) is 11.9. The Bertz CT molecular complexity index is 803.